The maximum atomic E-state index is 12.1. The molecule has 1 N–H and O–H groups in total. The lowest BCUT2D eigenvalue weighted by Crippen LogP contribution is -2.41. The number of hydrogen-bond acceptors (Lipinski definition) is 4. The molecule has 7 heteroatoms. The molecule has 1 aromatic carbocycles. The van der Waals surface area contributed by atoms with Crippen LogP contribution in [0.25, 0.3) is 22.2 Å². The minimum absolute atomic E-state index is 0.0266. The molecule has 1 aliphatic rings. The Morgan fingerprint density at radius 2 is 1.84 bits per heavy atom. The molecule has 3 aromatic rings. The van der Waals surface area contributed by atoms with Crippen molar-refractivity contribution in [1.29, 1.82) is 0 Å². The zero-order chi connectivity index (χ0) is 22.3. The lowest BCUT2D eigenvalue weighted by atomic mass is 9.95. The minimum atomic E-state index is -2.84. The molecule has 4 rings (SSSR count). The summed E-state index contributed by atoms with van der Waals surface area (Å²) in [6.45, 7) is 8.37. The first-order valence-corrected chi connectivity index (χ1v) is 12.7. The molecule has 31 heavy (non-hydrogen) atoms. The van der Waals surface area contributed by atoms with E-state index in [0.717, 1.165) is 35.3 Å². The summed E-state index contributed by atoms with van der Waals surface area (Å²) in [4.78, 5) is 18.0. The summed E-state index contributed by atoms with van der Waals surface area (Å²) in [7, 11) is -1.05. The second-order valence-corrected chi connectivity index (χ2v) is 11.3. The zero-order valence-corrected chi connectivity index (χ0v) is 19.6. The van der Waals surface area contributed by atoms with Gasteiger partial charge < -0.3 is 14.5 Å². The van der Waals surface area contributed by atoms with E-state index >= 15 is 0 Å². The van der Waals surface area contributed by atoms with Gasteiger partial charge in [-0.25, -0.2) is 8.42 Å². The fourth-order valence-corrected chi connectivity index (χ4v) is 5.80. The van der Waals surface area contributed by atoms with Crippen LogP contribution in [0.4, 0.5) is 0 Å². The maximum absolute atomic E-state index is 12.1. The average Bonchev–Trinajstić information content (AvgIpc) is 3.10. The second kappa shape index (κ2) is 8.28. The van der Waals surface area contributed by atoms with Crippen molar-refractivity contribution in [3.63, 3.8) is 0 Å². The van der Waals surface area contributed by atoms with Crippen LogP contribution in [-0.4, -0.2) is 54.0 Å². The van der Waals surface area contributed by atoms with Crippen molar-refractivity contribution in [2.75, 3.05) is 31.1 Å². The molecule has 0 amide bonds. The number of aryl methyl sites for hydroxylation is 2. The van der Waals surface area contributed by atoms with Gasteiger partial charge in [-0.1, -0.05) is 19.9 Å². The van der Waals surface area contributed by atoms with Crippen LogP contribution in [0.3, 0.4) is 0 Å². The highest BCUT2D eigenvalue weighted by molar-refractivity contribution is 7.91. The van der Waals surface area contributed by atoms with Crippen molar-refractivity contribution in [3.05, 3.63) is 57.5 Å². The molecule has 0 bridgehead atoms. The van der Waals surface area contributed by atoms with Gasteiger partial charge in [0.1, 0.15) is 0 Å². The summed E-state index contributed by atoms with van der Waals surface area (Å²) in [5.41, 5.74) is 6.47. The number of nitrogens with zero attached hydrogens (tertiary/aromatic N) is 2. The Morgan fingerprint density at radius 3 is 2.48 bits per heavy atom. The molecule has 2 aromatic heterocycles. The summed E-state index contributed by atoms with van der Waals surface area (Å²) in [6.07, 6.45) is 2.80. The van der Waals surface area contributed by atoms with Crippen molar-refractivity contribution in [3.8, 4) is 11.3 Å². The molecule has 1 aliphatic heterocycles. The number of aromatic amines is 1. The fourth-order valence-electron chi connectivity index (χ4n) is 4.52. The summed E-state index contributed by atoms with van der Waals surface area (Å²) in [5.74, 6) is 0.858. The minimum Gasteiger partial charge on any atom is -0.354 e. The summed E-state index contributed by atoms with van der Waals surface area (Å²) < 4.78 is 24.9. The van der Waals surface area contributed by atoms with Crippen molar-refractivity contribution < 1.29 is 8.42 Å². The first kappa shape index (κ1) is 21.8. The Morgan fingerprint density at radius 1 is 1.13 bits per heavy atom. The fraction of sp³-hybridized carbons (Fsp3) is 0.458. The molecule has 0 radical (unpaired) electrons. The number of rotatable bonds is 5. The lowest BCUT2D eigenvalue weighted by Gasteiger charge is -2.26. The molecule has 6 nitrogen and oxygen atoms in total. The quantitative estimate of drug-likeness (QED) is 0.660. The van der Waals surface area contributed by atoms with Gasteiger partial charge in [0.2, 0.25) is 0 Å². The van der Waals surface area contributed by atoms with E-state index < -0.39 is 9.84 Å². The molecule has 0 aliphatic carbocycles. The Labute approximate surface area is 183 Å². The molecular formula is C24H31N3O3S. The van der Waals surface area contributed by atoms with Crippen molar-refractivity contribution >= 4 is 20.7 Å². The van der Waals surface area contributed by atoms with Gasteiger partial charge in [0.15, 0.2) is 9.84 Å². The van der Waals surface area contributed by atoms with Gasteiger partial charge in [-0.2, -0.15) is 0 Å². The molecular weight excluding hydrogens is 410 g/mol. The van der Waals surface area contributed by atoms with Gasteiger partial charge in [-0.15, -0.1) is 0 Å². The molecule has 0 saturated carbocycles. The maximum Gasteiger partial charge on any atom is 0.253 e. The monoisotopic (exact) mass is 441 g/mol. The number of pyridine rings is 1. The third-order valence-corrected chi connectivity index (χ3v) is 7.89. The number of nitrogens with one attached hydrogen (secondary N) is 1. The normalized spacial score (nSPS) is 16.9. The molecule has 0 atom stereocenters. The smallest absolute Gasteiger partial charge is 0.253 e. The summed E-state index contributed by atoms with van der Waals surface area (Å²) >= 11 is 0. The van der Waals surface area contributed by atoms with Gasteiger partial charge in [-0.05, 0) is 48.6 Å². The highest BCUT2D eigenvalue weighted by atomic mass is 32.2. The summed E-state index contributed by atoms with van der Waals surface area (Å²) in [6, 6.07) is 8.51. The standard InChI is InChI=1S/C24H31N3O3S/c1-16(2)22-20-14-18(7-8-27-9-11-31(29,30)12-10-27)5-6-21(20)25-23(22)19-13-17(3)24(28)26(4)15-19/h5-6,13-16,25H,7-12H2,1-4H3. The Balaban J connectivity index is 1.65. The van der Waals surface area contributed by atoms with Gasteiger partial charge in [0, 0.05) is 54.9 Å². The largest absolute Gasteiger partial charge is 0.354 e. The van der Waals surface area contributed by atoms with Crippen molar-refractivity contribution in [2.24, 2.45) is 7.05 Å². The number of sulfone groups is 1. The van der Waals surface area contributed by atoms with E-state index in [4.69, 9.17) is 0 Å². The van der Waals surface area contributed by atoms with Crippen LogP contribution in [-0.2, 0) is 23.3 Å². The summed E-state index contributed by atoms with van der Waals surface area (Å²) in [5, 5.41) is 1.22. The van der Waals surface area contributed by atoms with Crippen molar-refractivity contribution in [2.45, 2.75) is 33.1 Å². The predicted octanol–water partition coefficient (Wildman–Crippen LogP) is 3.24. The number of H-pyrrole nitrogens is 1. The van der Waals surface area contributed by atoms with E-state index in [1.807, 2.05) is 19.2 Å². The SMILES string of the molecule is Cc1cc(-c2[nH]c3ccc(CCN4CCS(=O)(=O)CC4)cc3c2C(C)C)cn(C)c1=O. The first-order chi connectivity index (χ1) is 14.6. The Bertz CT molecular complexity index is 1250. The predicted molar refractivity (Wildman–Crippen MR) is 127 cm³/mol. The van der Waals surface area contributed by atoms with E-state index in [9.17, 15) is 13.2 Å². The number of benzene rings is 1. The highest BCUT2D eigenvalue weighted by Gasteiger charge is 2.21. The van der Waals surface area contributed by atoms with E-state index in [1.54, 1.807) is 11.6 Å². The third-order valence-electron chi connectivity index (χ3n) is 6.29. The Hall–Kier alpha value is -2.38. The Kier molecular flexibility index (Phi) is 5.83. The second-order valence-electron chi connectivity index (χ2n) is 9.02. The number of aromatic nitrogens is 2. The van der Waals surface area contributed by atoms with Crippen molar-refractivity contribution in [1.82, 2.24) is 14.5 Å². The number of hydrogen-bond donors (Lipinski definition) is 1. The van der Waals surface area contributed by atoms with Gasteiger partial charge in [0.05, 0.1) is 17.2 Å². The first-order valence-electron chi connectivity index (χ1n) is 10.9. The van der Waals surface area contributed by atoms with E-state index in [2.05, 4.69) is 41.9 Å². The van der Waals surface area contributed by atoms with E-state index in [0.29, 0.717) is 19.0 Å². The van der Waals surface area contributed by atoms with Crippen LogP contribution in [0.2, 0.25) is 0 Å². The number of fused-ring (bicyclic) bond motifs is 1. The van der Waals surface area contributed by atoms with Crippen LogP contribution < -0.4 is 5.56 Å². The molecule has 166 valence electrons. The van der Waals surface area contributed by atoms with Crippen LogP contribution in [0.5, 0.6) is 0 Å². The van der Waals surface area contributed by atoms with Gasteiger partial charge in [-0.3, -0.25) is 4.79 Å². The molecule has 1 fully saturated rings. The molecule has 3 heterocycles. The van der Waals surface area contributed by atoms with Gasteiger partial charge >= 0.3 is 0 Å². The van der Waals surface area contributed by atoms with E-state index in [-0.39, 0.29) is 17.1 Å². The van der Waals surface area contributed by atoms with Crippen LogP contribution in [0, 0.1) is 6.92 Å². The molecule has 1 saturated heterocycles. The molecule has 0 spiro atoms. The lowest BCUT2D eigenvalue weighted by molar-refractivity contribution is 0.299. The van der Waals surface area contributed by atoms with Crippen LogP contribution in [0.15, 0.2) is 35.3 Å². The molecule has 0 unspecified atom stereocenters. The van der Waals surface area contributed by atoms with Crippen LogP contribution in [0.1, 0.15) is 36.5 Å². The topological polar surface area (TPSA) is 75.2 Å². The van der Waals surface area contributed by atoms with Crippen LogP contribution >= 0.6 is 0 Å². The highest BCUT2D eigenvalue weighted by Crippen LogP contribution is 2.36. The third kappa shape index (κ3) is 4.48. The zero-order valence-electron chi connectivity index (χ0n) is 18.7. The van der Waals surface area contributed by atoms with Gasteiger partial charge in [0.25, 0.3) is 5.56 Å². The van der Waals surface area contributed by atoms with E-state index in [1.165, 1.54) is 16.5 Å². The average molecular weight is 442 g/mol.